The van der Waals surface area contributed by atoms with Gasteiger partial charge in [0.15, 0.2) is 10.9 Å². The SMILES string of the molecule is Cc1ccc(C(=O)CSc2nnc(C)n2C)cc1C. The number of aryl methyl sites for hydroxylation is 3. The van der Waals surface area contributed by atoms with Crippen LogP contribution in [0.5, 0.6) is 0 Å². The fourth-order valence-electron chi connectivity index (χ4n) is 1.64. The third-order valence-electron chi connectivity index (χ3n) is 3.21. The molecule has 1 heterocycles. The monoisotopic (exact) mass is 275 g/mol. The number of hydrogen-bond donors (Lipinski definition) is 0. The van der Waals surface area contributed by atoms with Crippen molar-refractivity contribution in [2.45, 2.75) is 25.9 Å². The van der Waals surface area contributed by atoms with Crippen LogP contribution in [0, 0.1) is 20.8 Å². The maximum Gasteiger partial charge on any atom is 0.191 e. The van der Waals surface area contributed by atoms with E-state index in [1.807, 2.05) is 50.6 Å². The number of carbonyl (C=O) groups is 1. The van der Waals surface area contributed by atoms with Crippen LogP contribution in [0.15, 0.2) is 23.4 Å². The molecule has 0 aliphatic rings. The van der Waals surface area contributed by atoms with Crippen molar-refractivity contribution in [2.24, 2.45) is 7.05 Å². The zero-order valence-electron chi connectivity index (χ0n) is 11.6. The number of hydrogen-bond acceptors (Lipinski definition) is 4. The lowest BCUT2D eigenvalue weighted by Crippen LogP contribution is -2.04. The summed E-state index contributed by atoms with van der Waals surface area (Å²) in [5.74, 6) is 1.35. The average molecular weight is 275 g/mol. The normalized spacial score (nSPS) is 10.7. The van der Waals surface area contributed by atoms with E-state index >= 15 is 0 Å². The van der Waals surface area contributed by atoms with Crippen molar-refractivity contribution in [3.05, 3.63) is 40.7 Å². The van der Waals surface area contributed by atoms with E-state index in [0.717, 1.165) is 22.1 Å². The Morgan fingerprint density at radius 3 is 2.53 bits per heavy atom. The first kappa shape index (κ1) is 13.8. The van der Waals surface area contributed by atoms with Crippen molar-refractivity contribution in [3.8, 4) is 0 Å². The van der Waals surface area contributed by atoms with Crippen LogP contribution in [0.1, 0.15) is 27.3 Å². The summed E-state index contributed by atoms with van der Waals surface area (Å²) in [4.78, 5) is 12.1. The average Bonchev–Trinajstić information content (AvgIpc) is 2.70. The maximum atomic E-state index is 12.1. The van der Waals surface area contributed by atoms with Crippen LogP contribution in [-0.2, 0) is 7.05 Å². The molecule has 4 nitrogen and oxygen atoms in total. The maximum absolute atomic E-state index is 12.1. The number of carbonyl (C=O) groups excluding carboxylic acids is 1. The van der Waals surface area contributed by atoms with Crippen LogP contribution >= 0.6 is 11.8 Å². The largest absolute Gasteiger partial charge is 0.309 e. The van der Waals surface area contributed by atoms with E-state index in [4.69, 9.17) is 0 Å². The highest BCUT2D eigenvalue weighted by Gasteiger charge is 2.11. The lowest BCUT2D eigenvalue weighted by molar-refractivity contribution is 0.102. The van der Waals surface area contributed by atoms with Crippen molar-refractivity contribution >= 4 is 17.5 Å². The molecule has 0 spiro atoms. The van der Waals surface area contributed by atoms with Crippen LogP contribution in [0.4, 0.5) is 0 Å². The highest BCUT2D eigenvalue weighted by molar-refractivity contribution is 7.99. The van der Waals surface area contributed by atoms with E-state index in [2.05, 4.69) is 10.2 Å². The Morgan fingerprint density at radius 2 is 1.95 bits per heavy atom. The Bertz CT molecular complexity index is 619. The first-order chi connectivity index (χ1) is 8.99. The summed E-state index contributed by atoms with van der Waals surface area (Å²) in [6, 6.07) is 5.81. The Morgan fingerprint density at radius 1 is 1.21 bits per heavy atom. The Kier molecular flexibility index (Phi) is 4.04. The summed E-state index contributed by atoms with van der Waals surface area (Å²) in [7, 11) is 1.90. The van der Waals surface area contributed by atoms with E-state index in [1.165, 1.54) is 17.3 Å². The lowest BCUT2D eigenvalue weighted by Gasteiger charge is -2.04. The molecule has 0 aliphatic carbocycles. The van der Waals surface area contributed by atoms with Crippen molar-refractivity contribution < 1.29 is 4.79 Å². The van der Waals surface area contributed by atoms with Gasteiger partial charge in [0, 0.05) is 12.6 Å². The van der Waals surface area contributed by atoms with E-state index in [1.54, 1.807) is 0 Å². The van der Waals surface area contributed by atoms with Crippen molar-refractivity contribution in [2.75, 3.05) is 5.75 Å². The van der Waals surface area contributed by atoms with Crippen LogP contribution in [0.3, 0.4) is 0 Å². The van der Waals surface area contributed by atoms with Gasteiger partial charge in [-0.05, 0) is 38.0 Å². The molecule has 0 atom stereocenters. The van der Waals surface area contributed by atoms with Gasteiger partial charge in [0.05, 0.1) is 5.75 Å². The predicted molar refractivity (Wildman–Crippen MR) is 76.7 cm³/mol. The van der Waals surface area contributed by atoms with Crippen molar-refractivity contribution in [1.82, 2.24) is 14.8 Å². The van der Waals surface area contributed by atoms with Gasteiger partial charge in [-0.1, -0.05) is 23.9 Å². The van der Waals surface area contributed by atoms with Gasteiger partial charge in [0.25, 0.3) is 0 Å². The molecule has 0 unspecified atom stereocenters. The minimum atomic E-state index is 0.119. The van der Waals surface area contributed by atoms with Gasteiger partial charge in [-0.3, -0.25) is 4.79 Å². The molecule has 0 bridgehead atoms. The van der Waals surface area contributed by atoms with Crippen molar-refractivity contribution in [1.29, 1.82) is 0 Å². The summed E-state index contributed by atoms with van der Waals surface area (Å²) in [6.45, 7) is 5.95. The minimum Gasteiger partial charge on any atom is -0.309 e. The molecule has 0 saturated heterocycles. The molecule has 5 heteroatoms. The second-order valence-electron chi connectivity index (χ2n) is 4.60. The fourth-order valence-corrected chi connectivity index (χ4v) is 2.49. The molecule has 0 aliphatic heterocycles. The van der Waals surface area contributed by atoms with Gasteiger partial charge in [-0.15, -0.1) is 10.2 Å². The van der Waals surface area contributed by atoms with E-state index in [9.17, 15) is 4.79 Å². The summed E-state index contributed by atoms with van der Waals surface area (Å²) in [6.07, 6.45) is 0. The first-order valence-corrected chi connectivity index (χ1v) is 7.07. The zero-order valence-corrected chi connectivity index (χ0v) is 12.4. The molecule has 0 N–H and O–H groups in total. The highest BCUT2D eigenvalue weighted by atomic mass is 32.2. The molecule has 0 fully saturated rings. The number of nitrogens with zero attached hydrogens (tertiary/aromatic N) is 3. The predicted octanol–water partition coefficient (Wildman–Crippen LogP) is 2.72. The second-order valence-corrected chi connectivity index (χ2v) is 5.54. The van der Waals surface area contributed by atoms with Gasteiger partial charge < -0.3 is 4.57 Å². The summed E-state index contributed by atoms with van der Waals surface area (Å²) in [5, 5.41) is 8.78. The number of rotatable bonds is 4. The lowest BCUT2D eigenvalue weighted by atomic mass is 10.0. The van der Waals surface area contributed by atoms with E-state index in [-0.39, 0.29) is 5.78 Å². The number of benzene rings is 1. The van der Waals surface area contributed by atoms with Gasteiger partial charge in [-0.2, -0.15) is 0 Å². The molecular formula is C14H17N3OS. The van der Waals surface area contributed by atoms with Crippen LogP contribution < -0.4 is 0 Å². The Labute approximate surface area is 117 Å². The van der Waals surface area contributed by atoms with Gasteiger partial charge in [0.2, 0.25) is 0 Å². The summed E-state index contributed by atoms with van der Waals surface area (Å²) >= 11 is 1.42. The van der Waals surface area contributed by atoms with Crippen molar-refractivity contribution in [3.63, 3.8) is 0 Å². The molecule has 1 aromatic heterocycles. The number of aromatic nitrogens is 3. The molecule has 0 saturated carbocycles. The first-order valence-electron chi connectivity index (χ1n) is 6.08. The molecule has 2 rings (SSSR count). The standard InChI is InChI=1S/C14H17N3OS/c1-9-5-6-12(7-10(9)2)13(18)8-19-14-16-15-11(3)17(14)4/h5-7H,8H2,1-4H3. The second kappa shape index (κ2) is 5.57. The molecule has 1 aromatic carbocycles. The third-order valence-corrected chi connectivity index (χ3v) is 4.23. The van der Waals surface area contributed by atoms with Gasteiger partial charge in [0.1, 0.15) is 5.82 Å². The minimum absolute atomic E-state index is 0.119. The molecular weight excluding hydrogens is 258 g/mol. The Hall–Kier alpha value is -1.62. The highest BCUT2D eigenvalue weighted by Crippen LogP contribution is 2.18. The molecule has 0 radical (unpaired) electrons. The zero-order chi connectivity index (χ0) is 14.0. The fraction of sp³-hybridized carbons (Fsp3) is 0.357. The number of Topliss-reactive ketones (excluding diaryl/α,β-unsaturated/α-hetero) is 1. The van der Waals surface area contributed by atoms with Gasteiger partial charge in [-0.25, -0.2) is 0 Å². The topological polar surface area (TPSA) is 47.8 Å². The molecule has 19 heavy (non-hydrogen) atoms. The smallest absolute Gasteiger partial charge is 0.191 e. The Balaban J connectivity index is 2.05. The summed E-state index contributed by atoms with van der Waals surface area (Å²) < 4.78 is 1.89. The molecule has 2 aromatic rings. The van der Waals surface area contributed by atoms with Crippen LogP contribution in [-0.4, -0.2) is 26.3 Å². The quantitative estimate of drug-likeness (QED) is 0.636. The molecule has 0 amide bonds. The van der Waals surface area contributed by atoms with Gasteiger partial charge >= 0.3 is 0 Å². The van der Waals surface area contributed by atoms with E-state index in [0.29, 0.717) is 5.75 Å². The summed E-state index contributed by atoms with van der Waals surface area (Å²) in [5.41, 5.74) is 3.10. The van der Waals surface area contributed by atoms with E-state index < -0.39 is 0 Å². The number of ketones is 1. The third kappa shape index (κ3) is 3.04. The van der Waals surface area contributed by atoms with Crippen LogP contribution in [0.2, 0.25) is 0 Å². The van der Waals surface area contributed by atoms with Crippen LogP contribution in [0.25, 0.3) is 0 Å². The molecule has 100 valence electrons. The number of thioether (sulfide) groups is 1.